The van der Waals surface area contributed by atoms with E-state index < -0.39 is 5.91 Å². The standard InChI is InChI=1S/C37H50N14O/c1-4-51-29(18-23(2)48-51)12-14-43-37-45-31-21-27(24(3)42-15-13-32(46-40)47-41)19-25-10-6-5-7-11-26-20-28(35(38)52)22-30-33(26)49(36(39)44-30)16-8-9-17-50(37)34(25)31/h8-9,18-22,42H,3-7,10-17,40-41H2,1-2H3,(H2,38,52)(H2,39,44)(H,43,45)(H,46,47)/b9-8+. The van der Waals surface area contributed by atoms with Crippen molar-refractivity contribution in [1.29, 1.82) is 0 Å². The smallest absolute Gasteiger partial charge is 0.248 e. The summed E-state index contributed by atoms with van der Waals surface area (Å²) in [7, 11) is 0. The van der Waals surface area contributed by atoms with E-state index in [1.807, 2.05) is 17.6 Å². The second-order valence-electron chi connectivity index (χ2n) is 13.2. The molecule has 274 valence electrons. The van der Waals surface area contributed by atoms with Crippen molar-refractivity contribution in [3.05, 3.63) is 82.7 Å². The van der Waals surface area contributed by atoms with E-state index in [1.54, 1.807) is 6.07 Å². The number of nitrogens with zero attached hydrogens (tertiary/aromatic N) is 7. The monoisotopic (exact) mass is 706 g/mol. The van der Waals surface area contributed by atoms with Gasteiger partial charge in [0.2, 0.25) is 17.8 Å². The number of carbonyl (C=O) groups excluding carboxylic acids is 1. The van der Waals surface area contributed by atoms with Crippen molar-refractivity contribution in [3.63, 3.8) is 0 Å². The van der Waals surface area contributed by atoms with Gasteiger partial charge >= 0.3 is 0 Å². The number of carbonyl (C=O) groups is 1. The molecule has 0 spiro atoms. The molecule has 0 radical (unpaired) electrons. The summed E-state index contributed by atoms with van der Waals surface area (Å²) >= 11 is 0. The Morgan fingerprint density at radius 1 is 0.942 bits per heavy atom. The van der Waals surface area contributed by atoms with E-state index >= 15 is 0 Å². The van der Waals surface area contributed by atoms with Crippen molar-refractivity contribution in [2.75, 3.05) is 24.1 Å². The molecule has 5 aromatic rings. The molecule has 15 nitrogen and oxygen atoms in total. The van der Waals surface area contributed by atoms with Crippen molar-refractivity contribution < 1.29 is 4.79 Å². The summed E-state index contributed by atoms with van der Waals surface area (Å²) < 4.78 is 6.33. The van der Waals surface area contributed by atoms with E-state index in [0.717, 1.165) is 90.1 Å². The Morgan fingerprint density at radius 3 is 2.31 bits per heavy atom. The lowest BCUT2D eigenvalue weighted by molar-refractivity contribution is 0.1000. The number of hydrazone groups is 1. The predicted molar refractivity (Wildman–Crippen MR) is 208 cm³/mol. The van der Waals surface area contributed by atoms with Crippen molar-refractivity contribution in [2.45, 2.75) is 78.4 Å². The minimum atomic E-state index is -0.475. The van der Waals surface area contributed by atoms with Gasteiger partial charge in [0.15, 0.2) is 0 Å². The third-order valence-electron chi connectivity index (χ3n) is 9.61. The normalized spacial score (nSPS) is 14.6. The number of anilines is 2. The van der Waals surface area contributed by atoms with Crippen molar-refractivity contribution in [3.8, 4) is 0 Å². The minimum absolute atomic E-state index is 0.401. The number of allylic oxidation sites excluding steroid dienone is 2. The summed E-state index contributed by atoms with van der Waals surface area (Å²) in [4.78, 5) is 22.0. The Labute approximate surface area is 303 Å². The highest BCUT2D eigenvalue weighted by Gasteiger charge is 2.19. The molecule has 11 N–H and O–H groups in total. The van der Waals surface area contributed by atoms with Crippen LogP contribution in [0.2, 0.25) is 0 Å². The molecule has 3 aromatic heterocycles. The molecule has 0 unspecified atom stereocenters. The summed E-state index contributed by atoms with van der Waals surface area (Å²) in [6, 6.07) is 10.1. The van der Waals surface area contributed by atoms with Crippen LogP contribution >= 0.6 is 0 Å². The molecule has 0 bridgehead atoms. The molecule has 2 aromatic carbocycles. The topological polar surface area (TPSA) is 223 Å². The fraction of sp³-hybridized carbons (Fsp3) is 0.378. The molecule has 0 fully saturated rings. The van der Waals surface area contributed by atoms with E-state index in [9.17, 15) is 4.79 Å². The van der Waals surface area contributed by atoms with Gasteiger partial charge in [0.1, 0.15) is 5.84 Å². The van der Waals surface area contributed by atoms with Crippen LogP contribution in [0.15, 0.2) is 54.2 Å². The van der Waals surface area contributed by atoms with Crippen LogP contribution in [-0.2, 0) is 38.9 Å². The van der Waals surface area contributed by atoms with Gasteiger partial charge in [0, 0.05) is 62.5 Å². The lowest BCUT2D eigenvalue weighted by atomic mass is 9.98. The van der Waals surface area contributed by atoms with Gasteiger partial charge in [-0.15, -0.1) is 0 Å². The van der Waals surface area contributed by atoms with Gasteiger partial charge in [0.05, 0.1) is 27.8 Å². The van der Waals surface area contributed by atoms with Crippen LogP contribution in [0, 0.1) is 6.92 Å². The van der Waals surface area contributed by atoms with Crippen LogP contribution in [-0.4, -0.2) is 53.7 Å². The Hall–Kier alpha value is -5.83. The Kier molecular flexibility index (Phi) is 11.1. The highest BCUT2D eigenvalue weighted by atomic mass is 16.1. The minimum Gasteiger partial charge on any atom is -0.385 e. The molecule has 0 atom stereocenters. The average Bonchev–Trinajstić information content (AvgIpc) is 3.78. The number of imidazole rings is 2. The quantitative estimate of drug-likeness (QED) is 0.0348. The number of nitrogens with two attached hydrogens (primary N) is 4. The second kappa shape index (κ2) is 16.0. The summed E-state index contributed by atoms with van der Waals surface area (Å²) in [5.41, 5.74) is 24.9. The number of benzene rings is 2. The van der Waals surface area contributed by atoms with E-state index in [1.165, 1.54) is 11.3 Å². The third-order valence-corrected chi connectivity index (χ3v) is 9.61. The molecule has 0 aliphatic carbocycles. The number of primary amides is 1. The van der Waals surface area contributed by atoms with Crippen LogP contribution < -0.4 is 39.2 Å². The summed E-state index contributed by atoms with van der Waals surface area (Å²) in [5.74, 6) is 12.2. The van der Waals surface area contributed by atoms with E-state index in [-0.39, 0.29) is 0 Å². The van der Waals surface area contributed by atoms with Crippen LogP contribution in [0.4, 0.5) is 11.9 Å². The van der Waals surface area contributed by atoms with Gasteiger partial charge in [-0.05, 0) is 86.6 Å². The molecule has 1 aliphatic rings. The first-order valence-corrected chi connectivity index (χ1v) is 17.9. The van der Waals surface area contributed by atoms with Gasteiger partial charge in [-0.1, -0.05) is 25.2 Å². The Bertz CT molecular complexity index is 2150. The number of hydrogen-bond donors (Lipinski definition) is 7. The van der Waals surface area contributed by atoms with Gasteiger partial charge in [-0.3, -0.25) is 9.48 Å². The fourth-order valence-electron chi connectivity index (χ4n) is 7.08. The zero-order valence-corrected chi connectivity index (χ0v) is 30.1. The lowest BCUT2D eigenvalue weighted by Gasteiger charge is -2.15. The first-order chi connectivity index (χ1) is 25.2. The van der Waals surface area contributed by atoms with Crippen LogP contribution in [0.3, 0.4) is 0 Å². The zero-order chi connectivity index (χ0) is 36.8. The van der Waals surface area contributed by atoms with Gasteiger partial charge in [-0.25, -0.2) is 15.8 Å². The summed E-state index contributed by atoms with van der Waals surface area (Å²) in [6.07, 6.45) is 10.1. The van der Waals surface area contributed by atoms with Gasteiger partial charge in [-0.2, -0.15) is 10.2 Å². The van der Waals surface area contributed by atoms with Crippen LogP contribution in [0.25, 0.3) is 27.8 Å². The highest BCUT2D eigenvalue weighted by molar-refractivity contribution is 5.97. The van der Waals surface area contributed by atoms with Crippen molar-refractivity contribution >= 4 is 51.4 Å². The number of amides is 1. The van der Waals surface area contributed by atoms with Gasteiger partial charge in [0.25, 0.3) is 0 Å². The maximum Gasteiger partial charge on any atom is 0.248 e. The Balaban J connectivity index is 1.35. The van der Waals surface area contributed by atoms with E-state index in [4.69, 9.17) is 28.1 Å². The number of hydrazine groups is 1. The molecule has 0 saturated heterocycles. The Morgan fingerprint density at radius 2 is 1.62 bits per heavy atom. The SMILES string of the molecule is C=C(NCC/C(=N/N)NN)c1cc2c3c(c1)nc(NCCc1cc(C)nn1CC)n3C/C=C/Cn1c(N)nc3cc(C(N)=O)cc(c31)CCCCC2. The van der Waals surface area contributed by atoms with E-state index in [2.05, 4.69) is 84.3 Å². The predicted octanol–water partition coefficient (Wildman–Crippen LogP) is 3.46. The third kappa shape index (κ3) is 7.73. The molecular weight excluding hydrogens is 657 g/mol. The number of nitrogen functional groups attached to an aromatic ring is 1. The molecule has 1 amide bonds. The molecule has 52 heavy (non-hydrogen) atoms. The van der Waals surface area contributed by atoms with Crippen molar-refractivity contribution in [1.82, 2.24) is 39.6 Å². The molecule has 15 heteroatoms. The molecular formula is C37H50N14O. The molecule has 1 aliphatic heterocycles. The highest BCUT2D eigenvalue weighted by Crippen LogP contribution is 2.30. The molecule has 0 saturated carbocycles. The lowest BCUT2D eigenvalue weighted by Crippen LogP contribution is -2.33. The van der Waals surface area contributed by atoms with Gasteiger partial charge < -0.3 is 42.5 Å². The second-order valence-corrected chi connectivity index (χ2v) is 13.2. The maximum atomic E-state index is 12.2. The first kappa shape index (κ1) is 36.0. The number of hydrogen-bond acceptors (Lipinski definition) is 10. The number of aryl methyl sites for hydroxylation is 4. The fourth-order valence-corrected chi connectivity index (χ4v) is 7.08. The zero-order valence-electron chi connectivity index (χ0n) is 30.1. The van der Waals surface area contributed by atoms with Crippen molar-refractivity contribution in [2.24, 2.45) is 22.5 Å². The number of amidine groups is 1. The number of nitrogens with one attached hydrogen (secondary N) is 3. The van der Waals surface area contributed by atoms with Crippen LogP contribution in [0.5, 0.6) is 0 Å². The summed E-state index contributed by atoms with van der Waals surface area (Å²) in [5, 5.41) is 15.3. The number of rotatable bonds is 11. The first-order valence-electron chi connectivity index (χ1n) is 17.9. The maximum absolute atomic E-state index is 12.2. The van der Waals surface area contributed by atoms with E-state index in [0.29, 0.717) is 55.5 Å². The average molecular weight is 707 g/mol. The molecule has 6 rings (SSSR count). The molecule has 4 heterocycles. The summed E-state index contributed by atoms with van der Waals surface area (Å²) in [6.45, 7) is 11.7. The largest absolute Gasteiger partial charge is 0.385 e. The van der Waals surface area contributed by atoms with Crippen LogP contribution in [0.1, 0.15) is 71.0 Å². The number of aromatic nitrogens is 6.